The fourth-order valence-electron chi connectivity index (χ4n) is 6.34. The quantitative estimate of drug-likeness (QED) is 0.202. The molecule has 2 heterocycles. The Balaban J connectivity index is 1.39. The van der Waals surface area contributed by atoms with E-state index in [1.165, 1.54) is 11.1 Å². The van der Waals surface area contributed by atoms with E-state index in [2.05, 4.69) is 114 Å². The highest BCUT2D eigenvalue weighted by atomic mass is 16.2. The number of hydrogen-bond acceptors (Lipinski definition) is 2. The van der Waals surface area contributed by atoms with Crippen molar-refractivity contribution in [2.45, 2.75) is 72.6 Å². The lowest BCUT2D eigenvalue weighted by Gasteiger charge is -2.28. The molecule has 0 aromatic heterocycles. The maximum Gasteiger partial charge on any atom is 0.261 e. The Bertz CT molecular complexity index is 1730. The number of allylic oxidation sites excluding steroid dienone is 1. The van der Waals surface area contributed by atoms with Crippen LogP contribution in [0, 0.1) is 5.41 Å². The molecule has 0 aliphatic carbocycles. The minimum absolute atomic E-state index is 0.101. The number of fused-ring (bicyclic) bond motifs is 1. The van der Waals surface area contributed by atoms with Gasteiger partial charge in [-0.25, -0.2) is 0 Å². The lowest BCUT2D eigenvalue weighted by atomic mass is 9.77. The van der Waals surface area contributed by atoms with Crippen LogP contribution in [-0.4, -0.2) is 35.7 Å². The van der Waals surface area contributed by atoms with Crippen molar-refractivity contribution in [3.63, 3.8) is 0 Å². The van der Waals surface area contributed by atoms with E-state index < -0.39 is 0 Å². The molecule has 0 saturated heterocycles. The summed E-state index contributed by atoms with van der Waals surface area (Å²) in [5.74, 6) is -0.296. The summed E-state index contributed by atoms with van der Waals surface area (Å²) in [5, 5.41) is 0. The third-order valence-electron chi connectivity index (χ3n) is 10.7. The molecule has 0 N–H and O–H groups in total. The number of rotatable bonds is 11. The summed E-state index contributed by atoms with van der Waals surface area (Å²) >= 11 is 0. The van der Waals surface area contributed by atoms with E-state index in [0.29, 0.717) is 22.5 Å². The second-order valence-electron chi connectivity index (χ2n) is 13.3. The number of likely N-dealkylation sites (N-methyl/N-ethyl adjacent to an activating group) is 2. The van der Waals surface area contributed by atoms with Crippen LogP contribution in [0.3, 0.4) is 0 Å². The van der Waals surface area contributed by atoms with Crippen molar-refractivity contribution in [1.29, 1.82) is 0 Å². The van der Waals surface area contributed by atoms with Crippen LogP contribution in [0.4, 0.5) is 0 Å². The van der Waals surface area contributed by atoms with Crippen molar-refractivity contribution >= 4 is 41.4 Å². The zero-order valence-electron chi connectivity index (χ0n) is 28.8. The molecule has 3 aromatic rings. The van der Waals surface area contributed by atoms with Crippen LogP contribution in [0.5, 0.6) is 0 Å². The van der Waals surface area contributed by atoms with Gasteiger partial charge in [0.1, 0.15) is 0 Å². The van der Waals surface area contributed by atoms with Gasteiger partial charge in [0.2, 0.25) is 0 Å². The first-order valence-corrected chi connectivity index (χ1v) is 16.7. The van der Waals surface area contributed by atoms with Crippen LogP contribution < -0.4 is 0 Å². The summed E-state index contributed by atoms with van der Waals surface area (Å²) in [7, 11) is 3.52. The first-order valence-electron chi connectivity index (χ1n) is 16.7. The number of nitrogens with zero attached hydrogens (tertiary/aromatic N) is 2. The molecule has 238 valence electrons. The van der Waals surface area contributed by atoms with Crippen LogP contribution in [0.2, 0.25) is 0 Å². The first-order chi connectivity index (χ1) is 22.0. The Morgan fingerprint density at radius 2 is 0.913 bits per heavy atom. The van der Waals surface area contributed by atoms with Crippen molar-refractivity contribution < 1.29 is 9.59 Å². The summed E-state index contributed by atoms with van der Waals surface area (Å²) in [5.41, 5.74) is 9.03. The van der Waals surface area contributed by atoms with Gasteiger partial charge in [0.05, 0.1) is 22.5 Å². The highest BCUT2D eigenvalue weighted by molar-refractivity contribution is 6.30. The number of carbonyl (C=O) groups is 2. The molecule has 0 bridgehead atoms. The molecule has 2 aliphatic rings. The molecule has 0 saturated carbocycles. The molecule has 0 radical (unpaired) electrons. The third-order valence-corrected chi connectivity index (χ3v) is 10.7. The maximum absolute atomic E-state index is 13.7. The standard InChI is InChI=1S/C42H48N2O2/c1-9-41(5,10-2)28-27-31-17-15-29(16-18-31)13-14-30-19-21-32(22-20-30)37-35-36(40(46)43(37)7)38(44(8)39(35)45)33-23-25-34(26-24-33)42(6,11-3)12-4/h13-28H,9-12H2,1-8H3/b14-13+,28-27+. The normalized spacial score (nSPS) is 15.8. The fraction of sp³-hybridized carbons (Fsp3) is 0.333. The van der Waals surface area contributed by atoms with Gasteiger partial charge in [-0.15, -0.1) is 0 Å². The summed E-state index contributed by atoms with van der Waals surface area (Å²) in [6.45, 7) is 13.5. The maximum atomic E-state index is 13.7. The van der Waals surface area contributed by atoms with Gasteiger partial charge in [-0.05, 0) is 69.9 Å². The van der Waals surface area contributed by atoms with Gasteiger partial charge in [-0.3, -0.25) is 9.59 Å². The second kappa shape index (κ2) is 13.1. The molecule has 4 nitrogen and oxygen atoms in total. The molecule has 2 aliphatic heterocycles. The number of hydrogen-bond donors (Lipinski definition) is 0. The summed E-state index contributed by atoms with van der Waals surface area (Å²) < 4.78 is 0. The van der Waals surface area contributed by atoms with E-state index in [1.54, 1.807) is 23.9 Å². The van der Waals surface area contributed by atoms with E-state index in [-0.39, 0.29) is 22.6 Å². The number of amides is 2. The van der Waals surface area contributed by atoms with Crippen LogP contribution >= 0.6 is 0 Å². The predicted molar refractivity (Wildman–Crippen MR) is 193 cm³/mol. The Kier molecular flexibility index (Phi) is 9.39. The lowest BCUT2D eigenvalue weighted by Crippen LogP contribution is -2.25. The van der Waals surface area contributed by atoms with Gasteiger partial charge in [0.25, 0.3) is 11.8 Å². The van der Waals surface area contributed by atoms with E-state index in [4.69, 9.17) is 0 Å². The van der Waals surface area contributed by atoms with Crippen molar-refractivity contribution in [3.05, 3.63) is 123 Å². The highest BCUT2D eigenvalue weighted by Gasteiger charge is 2.46. The zero-order chi connectivity index (χ0) is 33.2. The van der Waals surface area contributed by atoms with Crippen LogP contribution in [0.25, 0.3) is 29.6 Å². The van der Waals surface area contributed by atoms with Crippen molar-refractivity contribution in [3.8, 4) is 0 Å². The lowest BCUT2D eigenvalue weighted by molar-refractivity contribution is -0.123. The SMILES string of the molecule is CCC(C)(/C=C/c1ccc(/C=C/c2ccc(C3=C4C(=O)N(C)C(c5ccc(C(C)(CC)CC)cc5)=C4C(=O)N3C)cc2)cc1)CC. The Hall–Kier alpha value is -4.44. The molecule has 4 heteroatoms. The van der Waals surface area contributed by atoms with E-state index >= 15 is 0 Å². The predicted octanol–water partition coefficient (Wildman–Crippen LogP) is 9.84. The smallest absolute Gasteiger partial charge is 0.261 e. The average Bonchev–Trinajstić information content (AvgIpc) is 3.50. The van der Waals surface area contributed by atoms with Crippen molar-refractivity contribution in [2.75, 3.05) is 14.1 Å². The molecule has 5 rings (SSSR count). The third kappa shape index (κ3) is 6.06. The highest BCUT2D eigenvalue weighted by Crippen LogP contribution is 2.45. The second-order valence-corrected chi connectivity index (χ2v) is 13.3. The van der Waals surface area contributed by atoms with Gasteiger partial charge in [-0.1, -0.05) is 139 Å². The fourth-order valence-corrected chi connectivity index (χ4v) is 6.34. The van der Waals surface area contributed by atoms with Crippen LogP contribution in [0.15, 0.2) is 90.0 Å². The van der Waals surface area contributed by atoms with E-state index in [0.717, 1.165) is 47.9 Å². The molecule has 0 atom stereocenters. The van der Waals surface area contributed by atoms with Crippen LogP contribution in [-0.2, 0) is 15.0 Å². The monoisotopic (exact) mass is 612 g/mol. The molecule has 0 unspecified atom stereocenters. The van der Waals surface area contributed by atoms with E-state index in [1.807, 2.05) is 24.3 Å². The first kappa shape index (κ1) is 32.9. The Labute approximate surface area is 275 Å². The number of carbonyl (C=O) groups excluding carboxylic acids is 2. The summed E-state index contributed by atoms with van der Waals surface area (Å²) in [4.78, 5) is 30.6. The van der Waals surface area contributed by atoms with Gasteiger partial charge in [-0.2, -0.15) is 0 Å². The minimum Gasteiger partial charge on any atom is -0.310 e. The van der Waals surface area contributed by atoms with Gasteiger partial charge < -0.3 is 9.80 Å². The molecule has 3 aromatic carbocycles. The van der Waals surface area contributed by atoms with E-state index in [9.17, 15) is 9.59 Å². The topological polar surface area (TPSA) is 40.6 Å². The largest absolute Gasteiger partial charge is 0.310 e. The minimum atomic E-state index is -0.148. The summed E-state index contributed by atoms with van der Waals surface area (Å²) in [6.07, 6.45) is 13.1. The molecule has 46 heavy (non-hydrogen) atoms. The molecule has 0 spiro atoms. The molecular weight excluding hydrogens is 564 g/mol. The van der Waals surface area contributed by atoms with Crippen molar-refractivity contribution in [1.82, 2.24) is 9.80 Å². The Morgan fingerprint density at radius 3 is 1.30 bits per heavy atom. The van der Waals surface area contributed by atoms with Gasteiger partial charge in [0.15, 0.2) is 0 Å². The molecule has 2 amide bonds. The zero-order valence-corrected chi connectivity index (χ0v) is 28.8. The van der Waals surface area contributed by atoms with Gasteiger partial charge in [0, 0.05) is 14.1 Å². The van der Waals surface area contributed by atoms with Crippen LogP contribution in [0.1, 0.15) is 101 Å². The summed E-state index contributed by atoms with van der Waals surface area (Å²) in [6, 6.07) is 25.1. The molecule has 0 fully saturated rings. The molecular formula is C42H48N2O2. The Morgan fingerprint density at radius 1 is 0.543 bits per heavy atom. The number of benzene rings is 3. The van der Waals surface area contributed by atoms with Gasteiger partial charge >= 0.3 is 0 Å². The average molecular weight is 613 g/mol. The van der Waals surface area contributed by atoms with Crippen molar-refractivity contribution in [2.24, 2.45) is 5.41 Å².